The normalized spacial score (nSPS) is 22.5. The third kappa shape index (κ3) is 3.09. The molecule has 2 aliphatic rings. The first-order chi connectivity index (χ1) is 8.31. The third-order valence-electron chi connectivity index (χ3n) is 3.80. The van der Waals surface area contributed by atoms with E-state index in [2.05, 4.69) is 6.07 Å². The van der Waals surface area contributed by atoms with Crippen LogP contribution in [0.15, 0.2) is 11.6 Å². The Morgan fingerprint density at radius 1 is 1.12 bits per heavy atom. The molecule has 2 rings (SSSR count). The SMILES string of the molecule is N#C/C(=C\C1CCCC1)C(=O)N1CCCCC1. The monoisotopic (exact) mass is 232 g/mol. The van der Waals surface area contributed by atoms with E-state index in [1.54, 1.807) is 0 Å². The van der Waals surface area contributed by atoms with E-state index in [4.69, 9.17) is 5.26 Å². The highest BCUT2D eigenvalue weighted by molar-refractivity contribution is 5.97. The Hall–Kier alpha value is -1.30. The van der Waals surface area contributed by atoms with Gasteiger partial charge in [-0.25, -0.2) is 0 Å². The minimum atomic E-state index is -0.0425. The maximum Gasteiger partial charge on any atom is 0.264 e. The lowest BCUT2D eigenvalue weighted by atomic mass is 10.0. The first kappa shape index (κ1) is 12.2. The van der Waals surface area contributed by atoms with Crippen LogP contribution in [0.2, 0.25) is 0 Å². The zero-order chi connectivity index (χ0) is 12.1. The summed E-state index contributed by atoms with van der Waals surface area (Å²) >= 11 is 0. The number of piperidine rings is 1. The molecule has 92 valence electrons. The number of hydrogen-bond acceptors (Lipinski definition) is 2. The molecule has 1 aliphatic heterocycles. The molecule has 0 aromatic carbocycles. The molecule has 0 radical (unpaired) electrons. The van der Waals surface area contributed by atoms with Crippen molar-refractivity contribution in [2.45, 2.75) is 44.9 Å². The number of carbonyl (C=O) groups is 1. The van der Waals surface area contributed by atoms with Gasteiger partial charge in [-0.1, -0.05) is 18.9 Å². The van der Waals surface area contributed by atoms with Crippen molar-refractivity contribution in [3.63, 3.8) is 0 Å². The van der Waals surface area contributed by atoms with Gasteiger partial charge in [0, 0.05) is 13.1 Å². The molecule has 0 bridgehead atoms. The lowest BCUT2D eigenvalue weighted by Gasteiger charge is -2.26. The lowest BCUT2D eigenvalue weighted by Crippen LogP contribution is -2.36. The predicted octanol–water partition coefficient (Wildman–Crippen LogP) is 2.64. The van der Waals surface area contributed by atoms with Gasteiger partial charge in [0.15, 0.2) is 0 Å². The van der Waals surface area contributed by atoms with Gasteiger partial charge in [0.1, 0.15) is 11.6 Å². The van der Waals surface area contributed by atoms with Crippen molar-refractivity contribution in [2.75, 3.05) is 13.1 Å². The van der Waals surface area contributed by atoms with Crippen molar-refractivity contribution in [2.24, 2.45) is 5.92 Å². The number of rotatable bonds is 2. The smallest absolute Gasteiger partial charge is 0.264 e. The Kier molecular flexibility index (Phi) is 4.19. The predicted molar refractivity (Wildman–Crippen MR) is 66.1 cm³/mol. The molecule has 3 heteroatoms. The van der Waals surface area contributed by atoms with E-state index in [1.165, 1.54) is 19.3 Å². The summed E-state index contributed by atoms with van der Waals surface area (Å²) in [6.07, 6.45) is 10.0. The Bertz CT molecular complexity index is 342. The van der Waals surface area contributed by atoms with E-state index in [1.807, 2.05) is 11.0 Å². The molecule has 2 fully saturated rings. The Morgan fingerprint density at radius 3 is 2.35 bits per heavy atom. The van der Waals surface area contributed by atoms with Crippen LogP contribution in [0.3, 0.4) is 0 Å². The third-order valence-corrected chi connectivity index (χ3v) is 3.80. The van der Waals surface area contributed by atoms with E-state index in [-0.39, 0.29) is 5.91 Å². The molecule has 0 N–H and O–H groups in total. The van der Waals surface area contributed by atoms with Crippen molar-refractivity contribution in [1.82, 2.24) is 4.90 Å². The van der Waals surface area contributed by atoms with Crippen LogP contribution in [-0.2, 0) is 4.79 Å². The fourth-order valence-corrected chi connectivity index (χ4v) is 2.78. The van der Waals surface area contributed by atoms with Gasteiger partial charge in [0.05, 0.1) is 0 Å². The molecule has 0 aromatic rings. The lowest BCUT2D eigenvalue weighted by molar-refractivity contribution is -0.127. The molecule has 0 spiro atoms. The largest absolute Gasteiger partial charge is 0.338 e. The standard InChI is InChI=1S/C14H20N2O/c15-11-13(10-12-6-2-3-7-12)14(17)16-8-4-1-5-9-16/h10,12H,1-9H2/b13-10+. The molecule has 17 heavy (non-hydrogen) atoms. The molecule has 0 atom stereocenters. The van der Waals surface area contributed by atoms with Crippen LogP contribution in [0.4, 0.5) is 0 Å². The van der Waals surface area contributed by atoms with Gasteiger partial charge < -0.3 is 4.90 Å². The summed E-state index contributed by atoms with van der Waals surface area (Å²) in [7, 11) is 0. The summed E-state index contributed by atoms with van der Waals surface area (Å²) < 4.78 is 0. The van der Waals surface area contributed by atoms with Gasteiger partial charge >= 0.3 is 0 Å². The van der Waals surface area contributed by atoms with Crippen molar-refractivity contribution < 1.29 is 4.79 Å². The molecule has 1 heterocycles. The highest BCUT2D eigenvalue weighted by atomic mass is 16.2. The van der Waals surface area contributed by atoms with Crippen LogP contribution >= 0.6 is 0 Å². The first-order valence-corrected chi connectivity index (χ1v) is 6.72. The molecule has 0 unspecified atom stereocenters. The van der Waals surface area contributed by atoms with Crippen molar-refractivity contribution in [1.29, 1.82) is 5.26 Å². The van der Waals surface area contributed by atoms with Crippen LogP contribution in [0.1, 0.15) is 44.9 Å². The molecule has 1 amide bonds. The summed E-state index contributed by atoms with van der Waals surface area (Å²) in [6.45, 7) is 1.64. The first-order valence-electron chi connectivity index (χ1n) is 6.72. The summed E-state index contributed by atoms with van der Waals surface area (Å²) in [5.74, 6) is 0.414. The van der Waals surface area contributed by atoms with E-state index < -0.39 is 0 Å². The maximum absolute atomic E-state index is 12.2. The molecular formula is C14H20N2O. The van der Waals surface area contributed by atoms with Gasteiger partial charge in [-0.15, -0.1) is 0 Å². The topological polar surface area (TPSA) is 44.1 Å². The van der Waals surface area contributed by atoms with Crippen LogP contribution < -0.4 is 0 Å². The number of amides is 1. The van der Waals surface area contributed by atoms with E-state index in [0.29, 0.717) is 11.5 Å². The van der Waals surface area contributed by atoms with E-state index in [9.17, 15) is 4.79 Å². The van der Waals surface area contributed by atoms with Crippen molar-refractivity contribution in [3.05, 3.63) is 11.6 Å². The molecular weight excluding hydrogens is 212 g/mol. The molecule has 3 nitrogen and oxygen atoms in total. The average molecular weight is 232 g/mol. The quantitative estimate of drug-likeness (QED) is 0.542. The van der Waals surface area contributed by atoms with Gasteiger partial charge in [0.2, 0.25) is 0 Å². The summed E-state index contributed by atoms with van der Waals surface area (Å²) in [5, 5.41) is 9.12. The number of allylic oxidation sites excluding steroid dienone is 1. The van der Waals surface area contributed by atoms with Crippen molar-refractivity contribution >= 4 is 5.91 Å². The molecule has 0 aromatic heterocycles. The van der Waals surface area contributed by atoms with E-state index in [0.717, 1.165) is 38.8 Å². The summed E-state index contributed by atoms with van der Waals surface area (Å²) in [5.41, 5.74) is 0.374. The second-order valence-corrected chi connectivity index (χ2v) is 5.09. The molecule has 1 saturated carbocycles. The van der Waals surface area contributed by atoms with E-state index >= 15 is 0 Å². The van der Waals surface area contributed by atoms with Crippen molar-refractivity contribution in [3.8, 4) is 6.07 Å². The number of likely N-dealkylation sites (tertiary alicyclic amines) is 1. The van der Waals surface area contributed by atoms with Crippen LogP contribution in [0, 0.1) is 17.2 Å². The highest BCUT2D eigenvalue weighted by Gasteiger charge is 2.22. The van der Waals surface area contributed by atoms with Gasteiger partial charge in [-0.05, 0) is 38.0 Å². The second-order valence-electron chi connectivity index (χ2n) is 5.09. The zero-order valence-corrected chi connectivity index (χ0v) is 10.3. The molecule has 1 saturated heterocycles. The minimum Gasteiger partial charge on any atom is -0.338 e. The van der Waals surface area contributed by atoms with Crippen LogP contribution in [-0.4, -0.2) is 23.9 Å². The Labute approximate surface area is 103 Å². The number of nitriles is 1. The molecule has 1 aliphatic carbocycles. The van der Waals surface area contributed by atoms with Gasteiger partial charge in [0.25, 0.3) is 5.91 Å². The minimum absolute atomic E-state index is 0.0425. The number of nitrogens with zero attached hydrogens (tertiary/aromatic N) is 2. The number of hydrogen-bond donors (Lipinski definition) is 0. The fraction of sp³-hybridized carbons (Fsp3) is 0.714. The van der Waals surface area contributed by atoms with Gasteiger partial charge in [-0.3, -0.25) is 4.79 Å². The second kappa shape index (κ2) is 5.86. The summed E-state index contributed by atoms with van der Waals surface area (Å²) in [4.78, 5) is 14.0. The summed E-state index contributed by atoms with van der Waals surface area (Å²) in [6, 6.07) is 2.10. The van der Waals surface area contributed by atoms with Gasteiger partial charge in [-0.2, -0.15) is 5.26 Å². The Morgan fingerprint density at radius 2 is 1.76 bits per heavy atom. The van der Waals surface area contributed by atoms with Crippen LogP contribution in [0.5, 0.6) is 0 Å². The number of carbonyl (C=O) groups excluding carboxylic acids is 1. The van der Waals surface area contributed by atoms with Crippen LogP contribution in [0.25, 0.3) is 0 Å². The zero-order valence-electron chi connectivity index (χ0n) is 10.3. The average Bonchev–Trinajstić information content (AvgIpc) is 2.89. The fourth-order valence-electron chi connectivity index (χ4n) is 2.78. The highest BCUT2D eigenvalue weighted by Crippen LogP contribution is 2.27. The Balaban J connectivity index is 2.01. The maximum atomic E-state index is 12.2.